The normalized spacial score (nSPS) is 25.6. The van der Waals surface area contributed by atoms with Gasteiger partial charge in [-0.2, -0.15) is 0 Å². The minimum atomic E-state index is 0.0913. The molecule has 2 N–H and O–H groups in total. The summed E-state index contributed by atoms with van der Waals surface area (Å²) < 4.78 is 0. The first-order valence-corrected chi connectivity index (χ1v) is 8.55. The van der Waals surface area contributed by atoms with E-state index in [2.05, 4.69) is 25.5 Å². The number of amides is 1. The number of aromatic nitrogens is 1. The van der Waals surface area contributed by atoms with Crippen molar-refractivity contribution in [2.24, 2.45) is 10.4 Å². The van der Waals surface area contributed by atoms with Gasteiger partial charge in [0.25, 0.3) is 0 Å². The smallest absolute Gasteiger partial charge is 0.220 e. The number of thiazole rings is 1. The molecule has 1 amide bonds. The molecule has 3 rings (SSSR count). The van der Waals surface area contributed by atoms with E-state index in [-0.39, 0.29) is 11.3 Å². The third-order valence-electron chi connectivity index (χ3n) is 4.46. The Hall–Kier alpha value is -1.63. The van der Waals surface area contributed by atoms with Crippen LogP contribution in [0.2, 0.25) is 0 Å². The largest absolute Gasteiger partial charge is 0.355 e. The minimum Gasteiger partial charge on any atom is -0.355 e. The van der Waals surface area contributed by atoms with Crippen molar-refractivity contribution in [1.82, 2.24) is 20.5 Å². The Morgan fingerprint density at radius 2 is 2.50 bits per heavy atom. The lowest BCUT2D eigenvalue weighted by Crippen LogP contribution is -2.51. The number of aryl methyl sites for hydroxylation is 1. The first-order chi connectivity index (χ1) is 10.6. The van der Waals surface area contributed by atoms with Gasteiger partial charge in [-0.3, -0.25) is 9.79 Å². The van der Waals surface area contributed by atoms with Crippen molar-refractivity contribution < 1.29 is 4.79 Å². The molecule has 1 aromatic rings. The first kappa shape index (κ1) is 15.3. The molecule has 1 spiro atoms. The van der Waals surface area contributed by atoms with Crippen LogP contribution in [0, 0.1) is 12.3 Å². The number of hydrogen-bond acceptors (Lipinski definition) is 4. The molecule has 0 bridgehead atoms. The maximum atomic E-state index is 11.6. The summed E-state index contributed by atoms with van der Waals surface area (Å²) in [5.74, 6) is 1.11. The average molecular weight is 321 g/mol. The summed E-state index contributed by atoms with van der Waals surface area (Å²) in [6, 6.07) is 0. The maximum Gasteiger partial charge on any atom is 0.220 e. The molecule has 2 aliphatic rings. The fourth-order valence-electron chi connectivity index (χ4n) is 3.41. The molecule has 0 aromatic carbocycles. The molecular weight excluding hydrogens is 298 g/mol. The summed E-state index contributed by atoms with van der Waals surface area (Å²) in [6.45, 7) is 5.46. The molecule has 2 aliphatic heterocycles. The van der Waals surface area contributed by atoms with Gasteiger partial charge in [0.15, 0.2) is 5.96 Å². The number of likely N-dealkylation sites (tertiary alicyclic amines) is 1. The summed E-state index contributed by atoms with van der Waals surface area (Å²) in [4.78, 5) is 23.8. The van der Waals surface area contributed by atoms with Crippen molar-refractivity contribution in [3.05, 3.63) is 16.1 Å². The van der Waals surface area contributed by atoms with Gasteiger partial charge >= 0.3 is 0 Å². The molecule has 7 heteroatoms. The number of carbonyl (C=O) groups is 1. The minimum absolute atomic E-state index is 0.0913. The highest BCUT2D eigenvalue weighted by Crippen LogP contribution is 2.35. The topological polar surface area (TPSA) is 69.6 Å². The van der Waals surface area contributed by atoms with E-state index in [9.17, 15) is 4.79 Å². The van der Waals surface area contributed by atoms with E-state index in [1.807, 2.05) is 20.2 Å². The fraction of sp³-hybridized carbons (Fsp3) is 0.667. The number of aliphatic imine (C=N–C) groups is 1. The van der Waals surface area contributed by atoms with E-state index in [0.717, 1.165) is 50.0 Å². The maximum absolute atomic E-state index is 11.6. The molecule has 22 heavy (non-hydrogen) atoms. The van der Waals surface area contributed by atoms with Crippen LogP contribution in [0.1, 0.15) is 29.1 Å². The van der Waals surface area contributed by atoms with Crippen LogP contribution in [0.4, 0.5) is 0 Å². The number of guanidine groups is 1. The average Bonchev–Trinajstić information content (AvgIpc) is 3.06. The summed E-state index contributed by atoms with van der Waals surface area (Å²) in [5.41, 5.74) is 0.0913. The Kier molecular flexibility index (Phi) is 4.33. The van der Waals surface area contributed by atoms with Gasteiger partial charge in [0, 0.05) is 49.6 Å². The zero-order valence-electron chi connectivity index (χ0n) is 13.2. The second-order valence-electron chi connectivity index (χ2n) is 6.22. The van der Waals surface area contributed by atoms with Gasteiger partial charge in [-0.25, -0.2) is 4.98 Å². The van der Waals surface area contributed by atoms with Crippen LogP contribution in [0.5, 0.6) is 0 Å². The first-order valence-electron chi connectivity index (χ1n) is 7.74. The van der Waals surface area contributed by atoms with Gasteiger partial charge in [0.2, 0.25) is 5.91 Å². The molecule has 0 saturated carbocycles. The predicted molar refractivity (Wildman–Crippen MR) is 87.9 cm³/mol. The fourth-order valence-corrected chi connectivity index (χ4v) is 4.15. The van der Waals surface area contributed by atoms with Gasteiger partial charge < -0.3 is 15.5 Å². The summed E-state index contributed by atoms with van der Waals surface area (Å²) in [7, 11) is 1.82. The standard InChI is InChI=1S/C15H23N5OS/c1-11-17-7-12(22-11)8-18-14(16-2)20-5-3-4-15(10-20)6-13(21)19-9-15/h7H,3-6,8-10H2,1-2H3,(H,16,18)(H,19,21). The number of hydrogen-bond donors (Lipinski definition) is 2. The van der Waals surface area contributed by atoms with E-state index in [1.165, 1.54) is 4.88 Å². The van der Waals surface area contributed by atoms with E-state index in [4.69, 9.17) is 0 Å². The van der Waals surface area contributed by atoms with Crippen LogP contribution in [-0.2, 0) is 11.3 Å². The molecule has 1 atom stereocenters. The van der Waals surface area contributed by atoms with Gasteiger partial charge in [0.05, 0.1) is 11.6 Å². The Morgan fingerprint density at radius 1 is 1.64 bits per heavy atom. The van der Waals surface area contributed by atoms with Crippen LogP contribution in [0.3, 0.4) is 0 Å². The zero-order valence-corrected chi connectivity index (χ0v) is 14.0. The van der Waals surface area contributed by atoms with E-state index < -0.39 is 0 Å². The van der Waals surface area contributed by atoms with E-state index in [1.54, 1.807) is 11.3 Å². The van der Waals surface area contributed by atoms with E-state index >= 15 is 0 Å². The number of nitrogens with one attached hydrogen (secondary N) is 2. The van der Waals surface area contributed by atoms with Gasteiger partial charge in [0.1, 0.15) is 0 Å². The molecule has 120 valence electrons. The Labute approximate surface area is 135 Å². The second kappa shape index (κ2) is 6.24. The monoisotopic (exact) mass is 321 g/mol. The Morgan fingerprint density at radius 3 is 3.14 bits per heavy atom. The summed E-state index contributed by atoms with van der Waals surface area (Å²) >= 11 is 1.70. The molecule has 6 nitrogen and oxygen atoms in total. The van der Waals surface area contributed by atoms with Crippen molar-refractivity contribution in [3.8, 4) is 0 Å². The van der Waals surface area contributed by atoms with Crippen molar-refractivity contribution >= 4 is 23.2 Å². The van der Waals surface area contributed by atoms with Crippen molar-refractivity contribution in [1.29, 1.82) is 0 Å². The molecule has 2 saturated heterocycles. The predicted octanol–water partition coefficient (Wildman–Crippen LogP) is 1.13. The zero-order chi connectivity index (χ0) is 15.6. The lowest BCUT2D eigenvalue weighted by atomic mass is 9.79. The third kappa shape index (κ3) is 3.24. The lowest BCUT2D eigenvalue weighted by molar-refractivity contribution is -0.119. The number of carbonyl (C=O) groups excluding carboxylic acids is 1. The highest BCUT2D eigenvalue weighted by atomic mass is 32.1. The highest BCUT2D eigenvalue weighted by Gasteiger charge is 2.42. The summed E-state index contributed by atoms with van der Waals surface area (Å²) in [5, 5.41) is 7.50. The van der Waals surface area contributed by atoms with Crippen LogP contribution in [0.15, 0.2) is 11.2 Å². The van der Waals surface area contributed by atoms with Crippen LogP contribution >= 0.6 is 11.3 Å². The quantitative estimate of drug-likeness (QED) is 0.633. The molecule has 2 fully saturated rings. The molecule has 1 unspecified atom stereocenters. The van der Waals surface area contributed by atoms with Gasteiger partial charge in [-0.05, 0) is 19.8 Å². The SMILES string of the molecule is CN=C(NCc1cnc(C)s1)N1CCCC2(CNC(=O)C2)C1. The van der Waals surface area contributed by atoms with Gasteiger partial charge in [-0.1, -0.05) is 0 Å². The molecule has 1 aromatic heterocycles. The lowest BCUT2D eigenvalue weighted by Gasteiger charge is -2.40. The van der Waals surface area contributed by atoms with E-state index in [0.29, 0.717) is 6.42 Å². The van der Waals surface area contributed by atoms with Gasteiger partial charge in [-0.15, -0.1) is 11.3 Å². The van der Waals surface area contributed by atoms with Crippen molar-refractivity contribution in [2.45, 2.75) is 32.7 Å². The number of rotatable bonds is 2. The molecular formula is C15H23N5OS. The Balaban J connectivity index is 1.62. The molecule has 0 aliphatic carbocycles. The third-order valence-corrected chi connectivity index (χ3v) is 5.37. The number of piperidine rings is 1. The number of nitrogens with zero attached hydrogens (tertiary/aromatic N) is 3. The highest BCUT2D eigenvalue weighted by molar-refractivity contribution is 7.11. The molecule has 3 heterocycles. The second-order valence-corrected chi connectivity index (χ2v) is 7.54. The Bertz CT molecular complexity index is 584. The van der Waals surface area contributed by atoms with Crippen LogP contribution in [-0.4, -0.2) is 48.4 Å². The molecule has 0 radical (unpaired) electrons. The summed E-state index contributed by atoms with van der Waals surface area (Å²) in [6.07, 6.45) is 4.79. The van der Waals surface area contributed by atoms with Crippen molar-refractivity contribution in [2.75, 3.05) is 26.7 Å². The van der Waals surface area contributed by atoms with Crippen LogP contribution in [0.25, 0.3) is 0 Å². The van der Waals surface area contributed by atoms with Crippen molar-refractivity contribution in [3.63, 3.8) is 0 Å². The van der Waals surface area contributed by atoms with Crippen LogP contribution < -0.4 is 10.6 Å².